The van der Waals surface area contributed by atoms with E-state index in [1.165, 1.54) is 12.0 Å². The van der Waals surface area contributed by atoms with Crippen molar-refractivity contribution in [2.45, 2.75) is 25.3 Å². The van der Waals surface area contributed by atoms with Crippen molar-refractivity contribution in [3.63, 3.8) is 0 Å². The second-order valence-electron chi connectivity index (χ2n) is 8.01. The van der Waals surface area contributed by atoms with E-state index in [-0.39, 0.29) is 30.4 Å². The molecular weight excluding hydrogens is 432 g/mol. The maximum atomic E-state index is 15.1. The number of nitrogens with two attached hydrogens (primary N) is 1. The fraction of sp³-hybridized carbons (Fsp3) is 0.391. The minimum Gasteiger partial charge on any atom is -0.505 e. The number of aromatic hydroxyl groups is 1. The highest BCUT2D eigenvalue weighted by molar-refractivity contribution is 5.83. The van der Waals surface area contributed by atoms with Crippen molar-refractivity contribution in [1.29, 1.82) is 0 Å². The molecule has 0 amide bonds. The van der Waals surface area contributed by atoms with Crippen LogP contribution < -0.4 is 26.2 Å². The van der Waals surface area contributed by atoms with Crippen LogP contribution in [0.15, 0.2) is 35.4 Å². The summed E-state index contributed by atoms with van der Waals surface area (Å²) in [5.74, 6) is -3.11. The first-order valence-electron chi connectivity index (χ1n) is 10.9. The minimum absolute atomic E-state index is 0.0397. The molecule has 4 rings (SSSR count). The lowest BCUT2D eigenvalue weighted by Crippen LogP contribution is -2.34. The first-order chi connectivity index (χ1) is 16.0. The number of ether oxygens (including phenoxy) is 1. The van der Waals surface area contributed by atoms with Crippen molar-refractivity contribution in [3.8, 4) is 11.5 Å². The number of halogens is 2. The summed E-state index contributed by atoms with van der Waals surface area (Å²) in [4.78, 5) is 19.1. The third kappa shape index (κ3) is 4.36. The third-order valence-corrected chi connectivity index (χ3v) is 5.98. The van der Waals surface area contributed by atoms with E-state index >= 15 is 4.39 Å². The van der Waals surface area contributed by atoms with E-state index in [0.717, 1.165) is 32.0 Å². The monoisotopic (exact) mass is 459 g/mol. The molecule has 8 nitrogen and oxygen atoms in total. The largest absolute Gasteiger partial charge is 0.505 e. The molecule has 3 aromatic rings. The molecule has 0 unspecified atom stereocenters. The molecule has 33 heavy (non-hydrogen) atoms. The molecule has 176 valence electrons. The van der Waals surface area contributed by atoms with E-state index in [1.54, 1.807) is 29.1 Å². The van der Waals surface area contributed by atoms with E-state index < -0.39 is 23.1 Å². The van der Waals surface area contributed by atoms with Crippen molar-refractivity contribution in [3.05, 3.63) is 52.6 Å². The maximum absolute atomic E-state index is 15.1. The summed E-state index contributed by atoms with van der Waals surface area (Å²) in [6, 6.07) is 5.78. The van der Waals surface area contributed by atoms with E-state index in [1.807, 2.05) is 0 Å². The van der Waals surface area contributed by atoms with Gasteiger partial charge in [-0.2, -0.15) is 0 Å². The highest BCUT2D eigenvalue weighted by atomic mass is 19.1. The smallest absolute Gasteiger partial charge is 0.261 e. The van der Waals surface area contributed by atoms with Crippen molar-refractivity contribution >= 4 is 22.3 Å². The van der Waals surface area contributed by atoms with Crippen LogP contribution in [0.2, 0.25) is 0 Å². The zero-order valence-electron chi connectivity index (χ0n) is 18.4. The summed E-state index contributed by atoms with van der Waals surface area (Å²) >= 11 is 0. The van der Waals surface area contributed by atoms with Gasteiger partial charge in [-0.15, -0.1) is 0 Å². The molecule has 2 aromatic carbocycles. The van der Waals surface area contributed by atoms with Crippen LogP contribution >= 0.6 is 0 Å². The summed E-state index contributed by atoms with van der Waals surface area (Å²) < 4.78 is 36.7. The molecule has 4 N–H and O–H groups in total. The predicted octanol–water partition coefficient (Wildman–Crippen LogP) is 2.80. The van der Waals surface area contributed by atoms with Crippen molar-refractivity contribution in [1.82, 2.24) is 14.9 Å². The molecule has 0 radical (unpaired) electrons. The first kappa shape index (κ1) is 22.9. The fourth-order valence-corrected chi connectivity index (χ4v) is 4.23. The van der Waals surface area contributed by atoms with Crippen LogP contribution in [0.3, 0.4) is 0 Å². The number of phenolic OH excluding ortho intramolecular Hbond substituents is 1. The Kier molecular flexibility index (Phi) is 6.75. The standard InChI is InChI=1S/C23H27F2N5O3/c1-33-19-12-18(31)20(24)22(21(19)25)29(10-2-7-26)15-3-4-17-16(11-15)23(32)30(13-28-17)14-5-8-27-9-6-14/h3-4,11-14,27,31H,2,5-10,26H2,1H3. The normalized spacial score (nSPS) is 14.5. The van der Waals surface area contributed by atoms with Crippen LogP contribution in [0.4, 0.5) is 20.2 Å². The molecular formula is C23H27F2N5O3. The minimum atomic E-state index is -1.12. The number of hydrogen-bond acceptors (Lipinski definition) is 7. The van der Waals surface area contributed by atoms with E-state index in [2.05, 4.69) is 10.3 Å². The molecule has 2 heterocycles. The number of methoxy groups -OCH3 is 1. The third-order valence-electron chi connectivity index (χ3n) is 5.98. The number of fused-ring (bicyclic) bond motifs is 1. The van der Waals surface area contributed by atoms with Gasteiger partial charge >= 0.3 is 0 Å². The average molecular weight is 459 g/mol. The summed E-state index contributed by atoms with van der Waals surface area (Å²) in [5, 5.41) is 13.6. The number of rotatable bonds is 7. The second kappa shape index (κ2) is 9.72. The molecule has 1 fully saturated rings. The lowest BCUT2D eigenvalue weighted by Gasteiger charge is -2.27. The molecule has 0 atom stereocenters. The van der Waals surface area contributed by atoms with Crippen LogP contribution in [0.5, 0.6) is 11.5 Å². The van der Waals surface area contributed by atoms with Crippen molar-refractivity contribution < 1.29 is 18.6 Å². The van der Waals surface area contributed by atoms with E-state index in [0.29, 0.717) is 23.0 Å². The van der Waals surface area contributed by atoms with Gasteiger partial charge in [0.2, 0.25) is 0 Å². The predicted molar refractivity (Wildman–Crippen MR) is 122 cm³/mol. The molecule has 0 saturated carbocycles. The number of anilines is 2. The summed E-state index contributed by atoms with van der Waals surface area (Å²) in [6.07, 6.45) is 3.61. The van der Waals surface area contributed by atoms with Crippen molar-refractivity contribution in [2.24, 2.45) is 5.73 Å². The fourth-order valence-electron chi connectivity index (χ4n) is 4.23. The number of hydrogen-bond donors (Lipinski definition) is 3. The Bertz CT molecular complexity index is 1210. The Balaban J connectivity index is 1.86. The van der Waals surface area contributed by atoms with Gasteiger partial charge in [-0.05, 0) is 57.1 Å². The number of nitrogens with zero attached hydrogens (tertiary/aromatic N) is 3. The van der Waals surface area contributed by atoms with Crippen molar-refractivity contribution in [2.75, 3.05) is 38.2 Å². The Hall–Kier alpha value is -3.24. The van der Waals surface area contributed by atoms with Crippen LogP contribution in [0, 0.1) is 11.6 Å². The zero-order chi connectivity index (χ0) is 23.5. The topological polar surface area (TPSA) is 106 Å². The second-order valence-corrected chi connectivity index (χ2v) is 8.01. The van der Waals surface area contributed by atoms with Gasteiger partial charge in [-0.25, -0.2) is 13.8 Å². The lowest BCUT2D eigenvalue weighted by atomic mass is 10.1. The maximum Gasteiger partial charge on any atom is 0.261 e. The SMILES string of the molecule is COc1cc(O)c(F)c(N(CCCN)c2ccc3ncn(C4CCNCC4)c(=O)c3c2)c1F. The molecule has 0 aliphatic carbocycles. The average Bonchev–Trinajstić information content (AvgIpc) is 2.84. The van der Waals surface area contributed by atoms with Crippen LogP contribution in [0.1, 0.15) is 25.3 Å². The van der Waals surface area contributed by atoms with Gasteiger partial charge in [0.15, 0.2) is 23.1 Å². The van der Waals surface area contributed by atoms with Crippen LogP contribution in [-0.4, -0.2) is 47.9 Å². The quantitative estimate of drug-likeness (QED) is 0.499. The highest BCUT2D eigenvalue weighted by Gasteiger charge is 2.26. The zero-order valence-corrected chi connectivity index (χ0v) is 18.4. The molecule has 1 aliphatic heterocycles. The Labute approximate surface area is 189 Å². The Morgan fingerprint density at radius 2 is 2.03 bits per heavy atom. The van der Waals surface area contributed by atoms with Gasteiger partial charge in [0, 0.05) is 24.3 Å². The van der Waals surface area contributed by atoms with Gasteiger partial charge < -0.3 is 25.8 Å². The molecule has 0 bridgehead atoms. The number of benzene rings is 2. The molecule has 1 aromatic heterocycles. The Morgan fingerprint density at radius 3 is 2.73 bits per heavy atom. The number of nitrogens with one attached hydrogen (secondary N) is 1. The number of piperidine rings is 1. The highest BCUT2D eigenvalue weighted by Crippen LogP contribution is 2.40. The van der Waals surface area contributed by atoms with Gasteiger partial charge in [0.25, 0.3) is 5.56 Å². The van der Waals surface area contributed by atoms with Gasteiger partial charge in [0.05, 0.1) is 24.3 Å². The first-order valence-corrected chi connectivity index (χ1v) is 10.9. The van der Waals surface area contributed by atoms with E-state index in [9.17, 15) is 14.3 Å². The summed E-state index contributed by atoms with van der Waals surface area (Å²) in [7, 11) is 1.23. The number of phenols is 1. The van der Waals surface area contributed by atoms with Crippen LogP contribution in [0.25, 0.3) is 10.9 Å². The van der Waals surface area contributed by atoms with Gasteiger partial charge in [0.1, 0.15) is 5.69 Å². The molecule has 10 heteroatoms. The van der Waals surface area contributed by atoms with E-state index in [4.69, 9.17) is 10.5 Å². The molecule has 1 aliphatic rings. The Morgan fingerprint density at radius 1 is 1.27 bits per heavy atom. The summed E-state index contributed by atoms with van der Waals surface area (Å²) in [5.41, 5.74) is 5.84. The van der Waals surface area contributed by atoms with Crippen LogP contribution in [-0.2, 0) is 0 Å². The summed E-state index contributed by atoms with van der Waals surface area (Å²) in [6.45, 7) is 2.08. The molecule has 1 saturated heterocycles. The number of aromatic nitrogens is 2. The van der Waals surface area contributed by atoms with Gasteiger partial charge in [-0.1, -0.05) is 0 Å². The van der Waals surface area contributed by atoms with Gasteiger partial charge in [-0.3, -0.25) is 9.36 Å². The lowest BCUT2D eigenvalue weighted by molar-refractivity contribution is 0.359. The molecule has 0 spiro atoms.